The van der Waals surface area contributed by atoms with E-state index in [0.29, 0.717) is 11.3 Å². The van der Waals surface area contributed by atoms with E-state index >= 15 is 0 Å². The zero-order chi connectivity index (χ0) is 12.4. The molecule has 0 aliphatic heterocycles. The molecule has 0 bridgehead atoms. The fourth-order valence-electron chi connectivity index (χ4n) is 2.47. The molecule has 3 heteroatoms. The maximum absolute atomic E-state index is 11.6. The lowest BCUT2D eigenvalue weighted by atomic mass is 9.97. The molecule has 0 atom stereocenters. The fraction of sp³-hybridized carbons (Fsp3) is 0.500. The number of aryl methyl sites for hydroxylation is 1. The first-order valence-electron chi connectivity index (χ1n) is 6.04. The summed E-state index contributed by atoms with van der Waals surface area (Å²) in [5.41, 5.74) is 3.32. The van der Waals surface area contributed by atoms with Crippen LogP contribution >= 0.6 is 15.9 Å². The fourth-order valence-corrected chi connectivity index (χ4v) is 3.30. The number of ether oxygens (including phenoxy) is 1. The summed E-state index contributed by atoms with van der Waals surface area (Å²) >= 11 is 3.60. The number of carbonyl (C=O) groups is 1. The molecular formula is C14H17BrO2. The normalized spacial score (nSPS) is 15.0. The third-order valence-electron chi connectivity index (χ3n) is 3.37. The number of fused-ring (bicyclic) bond motifs is 1. The van der Waals surface area contributed by atoms with Crippen LogP contribution in [0.2, 0.25) is 0 Å². The second kappa shape index (κ2) is 5.21. The summed E-state index contributed by atoms with van der Waals surface area (Å²) in [7, 11) is 1.62. The van der Waals surface area contributed by atoms with Crippen LogP contribution in [-0.2, 0) is 12.8 Å². The molecule has 1 aromatic rings. The van der Waals surface area contributed by atoms with Gasteiger partial charge < -0.3 is 4.74 Å². The molecule has 0 saturated carbocycles. The van der Waals surface area contributed by atoms with Gasteiger partial charge in [0.25, 0.3) is 0 Å². The van der Waals surface area contributed by atoms with E-state index in [1.54, 1.807) is 14.0 Å². The van der Waals surface area contributed by atoms with Gasteiger partial charge in [0.1, 0.15) is 5.75 Å². The van der Waals surface area contributed by atoms with Gasteiger partial charge in [-0.15, -0.1) is 0 Å². The number of rotatable bonds is 2. The SMILES string of the molecule is COc1c(C(C)=O)cc2c(c1Br)CCCCC2. The minimum absolute atomic E-state index is 0.0644. The standard InChI is InChI=1S/C14H17BrO2/c1-9(16)12-8-10-6-4-3-5-7-11(10)13(15)14(12)17-2/h8H,3-7H2,1-2H3. The van der Waals surface area contributed by atoms with Crippen molar-refractivity contribution >= 4 is 21.7 Å². The van der Waals surface area contributed by atoms with E-state index in [9.17, 15) is 4.79 Å². The molecule has 0 fully saturated rings. The Morgan fingerprint density at radius 2 is 2.00 bits per heavy atom. The van der Waals surface area contributed by atoms with Gasteiger partial charge in [0.05, 0.1) is 17.1 Å². The Balaban J connectivity index is 2.61. The van der Waals surface area contributed by atoms with Crippen molar-refractivity contribution in [2.45, 2.75) is 39.0 Å². The number of hydrogen-bond donors (Lipinski definition) is 0. The largest absolute Gasteiger partial charge is 0.495 e. The lowest BCUT2D eigenvalue weighted by Crippen LogP contribution is -2.04. The van der Waals surface area contributed by atoms with Crippen molar-refractivity contribution in [2.75, 3.05) is 7.11 Å². The molecule has 0 spiro atoms. The van der Waals surface area contributed by atoms with Gasteiger partial charge in [-0.05, 0) is 65.7 Å². The molecular weight excluding hydrogens is 280 g/mol. The highest BCUT2D eigenvalue weighted by Crippen LogP contribution is 2.37. The van der Waals surface area contributed by atoms with Gasteiger partial charge in [-0.3, -0.25) is 4.79 Å². The molecule has 2 rings (SSSR count). The summed E-state index contributed by atoms with van der Waals surface area (Å²) < 4.78 is 6.35. The van der Waals surface area contributed by atoms with Crippen LogP contribution in [-0.4, -0.2) is 12.9 Å². The van der Waals surface area contributed by atoms with E-state index < -0.39 is 0 Å². The summed E-state index contributed by atoms with van der Waals surface area (Å²) in [5.74, 6) is 0.757. The molecule has 0 heterocycles. The Bertz CT molecular complexity index is 452. The summed E-state index contributed by atoms with van der Waals surface area (Å²) in [6.07, 6.45) is 5.83. The van der Waals surface area contributed by atoms with E-state index in [0.717, 1.165) is 17.3 Å². The van der Waals surface area contributed by atoms with E-state index in [1.165, 1.54) is 30.4 Å². The topological polar surface area (TPSA) is 26.3 Å². The maximum atomic E-state index is 11.6. The molecule has 0 saturated heterocycles. The van der Waals surface area contributed by atoms with Crippen LogP contribution in [0.25, 0.3) is 0 Å². The monoisotopic (exact) mass is 296 g/mol. The quantitative estimate of drug-likeness (QED) is 0.610. The average molecular weight is 297 g/mol. The van der Waals surface area contributed by atoms with E-state index in [4.69, 9.17) is 4.74 Å². The first-order chi connectivity index (χ1) is 8.15. The molecule has 0 N–H and O–H groups in total. The Labute approximate surface area is 110 Å². The number of carbonyl (C=O) groups excluding carboxylic acids is 1. The lowest BCUT2D eigenvalue weighted by molar-refractivity contribution is 0.101. The molecule has 0 aromatic heterocycles. The molecule has 0 radical (unpaired) electrons. The number of ketones is 1. The van der Waals surface area contributed by atoms with Crippen LogP contribution in [0.15, 0.2) is 10.5 Å². The minimum Gasteiger partial charge on any atom is -0.495 e. The molecule has 0 unspecified atom stereocenters. The molecule has 2 nitrogen and oxygen atoms in total. The van der Waals surface area contributed by atoms with Gasteiger partial charge in [-0.2, -0.15) is 0 Å². The summed E-state index contributed by atoms with van der Waals surface area (Å²) in [6, 6.07) is 2.02. The Morgan fingerprint density at radius 1 is 1.29 bits per heavy atom. The van der Waals surface area contributed by atoms with Gasteiger partial charge in [-0.1, -0.05) is 6.42 Å². The predicted octanol–water partition coefficient (Wildman–Crippen LogP) is 3.93. The van der Waals surface area contributed by atoms with E-state index in [-0.39, 0.29) is 5.78 Å². The van der Waals surface area contributed by atoms with Crippen LogP contribution in [0.1, 0.15) is 47.7 Å². The molecule has 1 aliphatic rings. The van der Waals surface area contributed by atoms with Crippen molar-refractivity contribution in [1.29, 1.82) is 0 Å². The molecule has 92 valence electrons. The van der Waals surface area contributed by atoms with Crippen molar-refractivity contribution in [3.05, 3.63) is 27.2 Å². The molecule has 1 aliphatic carbocycles. The van der Waals surface area contributed by atoms with Crippen LogP contribution < -0.4 is 4.74 Å². The third-order valence-corrected chi connectivity index (χ3v) is 4.21. The van der Waals surface area contributed by atoms with E-state index in [2.05, 4.69) is 15.9 Å². The molecule has 0 amide bonds. The van der Waals surface area contributed by atoms with Gasteiger partial charge in [0.15, 0.2) is 5.78 Å². The number of Topliss-reactive ketones (excluding diaryl/α,β-unsaturated/α-hetero) is 1. The highest BCUT2D eigenvalue weighted by molar-refractivity contribution is 9.10. The Kier molecular flexibility index (Phi) is 3.87. The molecule has 1 aromatic carbocycles. The number of hydrogen-bond acceptors (Lipinski definition) is 2. The van der Waals surface area contributed by atoms with Crippen LogP contribution in [0, 0.1) is 0 Å². The number of halogens is 1. The van der Waals surface area contributed by atoms with Crippen LogP contribution in [0.3, 0.4) is 0 Å². The van der Waals surface area contributed by atoms with Gasteiger partial charge in [0.2, 0.25) is 0 Å². The van der Waals surface area contributed by atoms with Crippen molar-refractivity contribution in [1.82, 2.24) is 0 Å². The van der Waals surface area contributed by atoms with Crippen LogP contribution in [0.4, 0.5) is 0 Å². The van der Waals surface area contributed by atoms with Crippen LogP contribution in [0.5, 0.6) is 5.75 Å². The van der Waals surface area contributed by atoms with Gasteiger partial charge >= 0.3 is 0 Å². The number of benzene rings is 1. The van der Waals surface area contributed by atoms with E-state index in [1.807, 2.05) is 6.07 Å². The maximum Gasteiger partial charge on any atom is 0.163 e. The predicted molar refractivity (Wildman–Crippen MR) is 72.0 cm³/mol. The first kappa shape index (κ1) is 12.6. The zero-order valence-electron chi connectivity index (χ0n) is 10.3. The Morgan fingerprint density at radius 3 is 2.65 bits per heavy atom. The minimum atomic E-state index is 0.0644. The lowest BCUT2D eigenvalue weighted by Gasteiger charge is -2.15. The second-order valence-electron chi connectivity index (χ2n) is 4.53. The van der Waals surface area contributed by atoms with Crippen molar-refractivity contribution < 1.29 is 9.53 Å². The summed E-state index contributed by atoms with van der Waals surface area (Å²) in [5, 5.41) is 0. The van der Waals surface area contributed by atoms with Gasteiger partial charge in [-0.25, -0.2) is 0 Å². The number of methoxy groups -OCH3 is 1. The van der Waals surface area contributed by atoms with Crippen molar-refractivity contribution in [3.8, 4) is 5.75 Å². The first-order valence-corrected chi connectivity index (χ1v) is 6.83. The van der Waals surface area contributed by atoms with Crippen molar-refractivity contribution in [3.63, 3.8) is 0 Å². The molecule has 17 heavy (non-hydrogen) atoms. The average Bonchev–Trinajstić information content (AvgIpc) is 2.54. The second-order valence-corrected chi connectivity index (χ2v) is 5.32. The zero-order valence-corrected chi connectivity index (χ0v) is 11.9. The highest BCUT2D eigenvalue weighted by atomic mass is 79.9. The summed E-state index contributed by atoms with van der Waals surface area (Å²) in [6.45, 7) is 1.59. The summed E-state index contributed by atoms with van der Waals surface area (Å²) in [4.78, 5) is 11.6. The third kappa shape index (κ3) is 2.39. The van der Waals surface area contributed by atoms with Gasteiger partial charge in [0, 0.05) is 0 Å². The van der Waals surface area contributed by atoms with Crippen molar-refractivity contribution in [2.24, 2.45) is 0 Å². The smallest absolute Gasteiger partial charge is 0.163 e. The Hall–Kier alpha value is -0.830. The highest BCUT2D eigenvalue weighted by Gasteiger charge is 2.20.